The van der Waals surface area contributed by atoms with Crippen molar-refractivity contribution in [3.8, 4) is 0 Å². The third-order valence-electron chi connectivity index (χ3n) is 5.05. The summed E-state index contributed by atoms with van der Waals surface area (Å²) in [5.41, 5.74) is 8.77. The number of hydrogen-bond donors (Lipinski definition) is 1. The highest BCUT2D eigenvalue weighted by Crippen LogP contribution is 2.32. The van der Waals surface area contributed by atoms with E-state index < -0.39 is 0 Å². The van der Waals surface area contributed by atoms with E-state index in [0.29, 0.717) is 28.7 Å². The molecule has 1 aliphatic rings. The topological polar surface area (TPSA) is 81.2 Å². The van der Waals surface area contributed by atoms with E-state index in [1.807, 2.05) is 38.1 Å². The van der Waals surface area contributed by atoms with Crippen LogP contribution in [-0.4, -0.2) is 22.2 Å². The molecule has 1 aliphatic heterocycles. The second-order valence-electron chi connectivity index (χ2n) is 7.14. The Labute approximate surface area is 169 Å². The van der Waals surface area contributed by atoms with Gasteiger partial charge in [0.15, 0.2) is 5.69 Å². The summed E-state index contributed by atoms with van der Waals surface area (Å²) in [4.78, 5) is 27.9. The third kappa shape index (κ3) is 3.14. The highest BCUT2D eigenvalue weighted by molar-refractivity contribution is 6.13. The SMILES string of the molecule is CC(C)n1nc(C(=O)N2CCCc3c(N)cccc32)c2ccccc2c1=O.Cl. The summed E-state index contributed by atoms with van der Waals surface area (Å²) in [6, 6.07) is 12.7. The predicted octanol–water partition coefficient (Wildman–Crippen LogP) is 3.57. The zero-order valence-electron chi connectivity index (χ0n) is 15.9. The first-order valence-electron chi connectivity index (χ1n) is 9.20. The minimum Gasteiger partial charge on any atom is -0.398 e. The summed E-state index contributed by atoms with van der Waals surface area (Å²) >= 11 is 0. The molecule has 146 valence electrons. The average molecular weight is 399 g/mol. The fourth-order valence-corrected chi connectivity index (χ4v) is 3.70. The lowest BCUT2D eigenvalue weighted by Gasteiger charge is -2.30. The van der Waals surface area contributed by atoms with Gasteiger partial charge < -0.3 is 10.6 Å². The molecule has 0 unspecified atom stereocenters. The number of rotatable bonds is 2. The fourth-order valence-electron chi connectivity index (χ4n) is 3.70. The number of anilines is 2. The molecule has 0 radical (unpaired) electrons. The van der Waals surface area contributed by atoms with Crippen LogP contribution < -0.4 is 16.2 Å². The van der Waals surface area contributed by atoms with Crippen LogP contribution in [-0.2, 0) is 6.42 Å². The normalized spacial score (nSPS) is 13.3. The number of nitrogen functional groups attached to an aromatic ring is 1. The van der Waals surface area contributed by atoms with Crippen molar-refractivity contribution >= 4 is 40.5 Å². The van der Waals surface area contributed by atoms with Gasteiger partial charge in [0.2, 0.25) is 0 Å². The van der Waals surface area contributed by atoms with E-state index in [2.05, 4.69) is 5.10 Å². The van der Waals surface area contributed by atoms with Gasteiger partial charge in [-0.25, -0.2) is 4.68 Å². The lowest BCUT2D eigenvalue weighted by Crippen LogP contribution is -2.38. The Morgan fingerprint density at radius 3 is 2.54 bits per heavy atom. The summed E-state index contributed by atoms with van der Waals surface area (Å²) in [7, 11) is 0. The molecule has 7 heteroatoms. The molecular weight excluding hydrogens is 376 g/mol. The van der Waals surface area contributed by atoms with Crippen molar-refractivity contribution in [3.63, 3.8) is 0 Å². The van der Waals surface area contributed by atoms with Gasteiger partial charge in [0.25, 0.3) is 11.5 Å². The Balaban J connectivity index is 0.00000225. The summed E-state index contributed by atoms with van der Waals surface area (Å²) in [5, 5.41) is 5.54. The molecule has 0 saturated carbocycles. The third-order valence-corrected chi connectivity index (χ3v) is 5.05. The number of nitrogens with two attached hydrogens (primary N) is 1. The zero-order chi connectivity index (χ0) is 19.1. The van der Waals surface area contributed by atoms with Crippen LogP contribution in [0.5, 0.6) is 0 Å². The largest absolute Gasteiger partial charge is 0.398 e. The van der Waals surface area contributed by atoms with E-state index in [1.54, 1.807) is 23.1 Å². The van der Waals surface area contributed by atoms with Crippen LogP contribution in [0.15, 0.2) is 47.3 Å². The molecule has 0 fully saturated rings. The molecule has 2 heterocycles. The Morgan fingerprint density at radius 1 is 1.11 bits per heavy atom. The maximum Gasteiger partial charge on any atom is 0.279 e. The number of aromatic nitrogens is 2. The number of halogens is 1. The molecule has 2 aromatic carbocycles. The van der Waals surface area contributed by atoms with Crippen molar-refractivity contribution in [2.45, 2.75) is 32.7 Å². The molecular formula is C21H23ClN4O2. The van der Waals surface area contributed by atoms with E-state index in [-0.39, 0.29) is 29.9 Å². The Hall–Kier alpha value is -2.86. The Morgan fingerprint density at radius 2 is 1.82 bits per heavy atom. The fraction of sp³-hybridized carbons (Fsp3) is 0.286. The number of hydrogen-bond acceptors (Lipinski definition) is 4. The van der Waals surface area contributed by atoms with Crippen LogP contribution >= 0.6 is 12.4 Å². The summed E-state index contributed by atoms with van der Waals surface area (Å²) in [5.74, 6) is -0.202. The van der Waals surface area contributed by atoms with Crippen molar-refractivity contribution in [1.29, 1.82) is 0 Å². The van der Waals surface area contributed by atoms with Crippen LogP contribution in [0.25, 0.3) is 10.8 Å². The van der Waals surface area contributed by atoms with Gasteiger partial charge in [-0.2, -0.15) is 5.10 Å². The predicted molar refractivity (Wildman–Crippen MR) is 114 cm³/mol. The quantitative estimate of drug-likeness (QED) is 0.669. The van der Waals surface area contributed by atoms with Gasteiger partial charge >= 0.3 is 0 Å². The highest BCUT2D eigenvalue weighted by atomic mass is 35.5. The second kappa shape index (κ2) is 7.64. The van der Waals surface area contributed by atoms with E-state index >= 15 is 0 Å². The summed E-state index contributed by atoms with van der Waals surface area (Å²) in [6.45, 7) is 4.37. The minimum atomic E-state index is -0.202. The molecule has 1 aromatic heterocycles. The minimum absolute atomic E-state index is 0. The van der Waals surface area contributed by atoms with Crippen LogP contribution in [0.4, 0.5) is 11.4 Å². The number of fused-ring (bicyclic) bond motifs is 2. The molecule has 0 atom stereocenters. The van der Waals surface area contributed by atoms with E-state index in [1.165, 1.54) is 4.68 Å². The van der Waals surface area contributed by atoms with Gasteiger partial charge in [-0.05, 0) is 50.5 Å². The molecule has 0 saturated heterocycles. The zero-order valence-corrected chi connectivity index (χ0v) is 16.7. The number of amides is 1. The Bertz CT molecular complexity index is 1110. The standard InChI is InChI=1S/C21H22N4O2.ClH/c1-13(2)25-20(26)15-8-4-3-7-14(15)19(23-25)21(27)24-12-6-9-16-17(22)10-5-11-18(16)24;/h3-5,7-8,10-11,13H,6,9,12,22H2,1-2H3;1H. The lowest BCUT2D eigenvalue weighted by atomic mass is 9.99. The van der Waals surface area contributed by atoms with Crippen LogP contribution in [0.3, 0.4) is 0 Å². The lowest BCUT2D eigenvalue weighted by molar-refractivity contribution is 0.0979. The van der Waals surface area contributed by atoms with E-state index in [0.717, 1.165) is 24.1 Å². The molecule has 6 nitrogen and oxygen atoms in total. The van der Waals surface area contributed by atoms with Gasteiger partial charge in [-0.15, -0.1) is 12.4 Å². The first-order chi connectivity index (χ1) is 13.0. The number of benzene rings is 2. The smallest absolute Gasteiger partial charge is 0.279 e. The molecule has 2 N–H and O–H groups in total. The second-order valence-corrected chi connectivity index (χ2v) is 7.14. The molecule has 0 spiro atoms. The molecule has 4 rings (SSSR count). The number of carbonyl (C=O) groups is 1. The van der Waals surface area contributed by atoms with Crippen molar-refractivity contribution in [1.82, 2.24) is 9.78 Å². The van der Waals surface area contributed by atoms with Crippen LogP contribution in [0.1, 0.15) is 42.4 Å². The maximum absolute atomic E-state index is 13.5. The van der Waals surface area contributed by atoms with Crippen LogP contribution in [0.2, 0.25) is 0 Å². The first kappa shape index (κ1) is 19.9. The van der Waals surface area contributed by atoms with Crippen LogP contribution in [0, 0.1) is 0 Å². The van der Waals surface area contributed by atoms with E-state index in [4.69, 9.17) is 5.73 Å². The molecule has 0 bridgehead atoms. The van der Waals surface area contributed by atoms with Crippen molar-refractivity contribution in [3.05, 3.63) is 64.1 Å². The van der Waals surface area contributed by atoms with Crippen molar-refractivity contribution in [2.24, 2.45) is 0 Å². The van der Waals surface area contributed by atoms with E-state index in [9.17, 15) is 9.59 Å². The number of carbonyl (C=O) groups excluding carboxylic acids is 1. The summed E-state index contributed by atoms with van der Waals surface area (Å²) < 4.78 is 1.39. The summed E-state index contributed by atoms with van der Waals surface area (Å²) in [6.07, 6.45) is 1.69. The van der Waals surface area contributed by atoms with Crippen molar-refractivity contribution in [2.75, 3.05) is 17.2 Å². The molecule has 1 amide bonds. The van der Waals surface area contributed by atoms with Crippen molar-refractivity contribution < 1.29 is 4.79 Å². The molecule has 3 aromatic rings. The first-order valence-corrected chi connectivity index (χ1v) is 9.20. The van der Waals surface area contributed by atoms with Gasteiger partial charge in [0.05, 0.1) is 11.4 Å². The monoisotopic (exact) mass is 398 g/mol. The highest BCUT2D eigenvalue weighted by Gasteiger charge is 2.28. The molecule has 28 heavy (non-hydrogen) atoms. The van der Waals surface area contributed by atoms with Gasteiger partial charge in [-0.3, -0.25) is 9.59 Å². The molecule has 0 aliphatic carbocycles. The number of nitrogens with zero attached hydrogens (tertiary/aromatic N) is 3. The maximum atomic E-state index is 13.5. The van der Waals surface area contributed by atoms with Gasteiger partial charge in [0.1, 0.15) is 0 Å². The van der Waals surface area contributed by atoms with Gasteiger partial charge in [0, 0.05) is 23.3 Å². The Kier molecular flexibility index (Phi) is 5.42. The van der Waals surface area contributed by atoms with Gasteiger partial charge in [-0.1, -0.05) is 24.3 Å². The average Bonchev–Trinajstić information content (AvgIpc) is 2.68.